The fraction of sp³-hybridized carbons (Fsp3) is 0.625. The normalized spacial score (nSPS) is 21.1. The highest BCUT2D eigenvalue weighted by molar-refractivity contribution is 5.24. The predicted molar refractivity (Wildman–Crippen MR) is 76.1 cm³/mol. The predicted octanol–water partition coefficient (Wildman–Crippen LogP) is 3.26. The number of aryl methyl sites for hydroxylation is 1. The van der Waals surface area contributed by atoms with Gasteiger partial charge in [0.15, 0.2) is 0 Å². The average Bonchev–Trinajstić information content (AvgIpc) is 2.89. The van der Waals surface area contributed by atoms with Crippen LogP contribution in [0.2, 0.25) is 0 Å². The molecule has 1 heterocycles. The molecule has 0 aromatic heterocycles. The maximum absolute atomic E-state index is 5.72. The number of ether oxygens (including phenoxy) is 1. The molecule has 1 aromatic carbocycles. The minimum absolute atomic E-state index is 0.509. The lowest BCUT2D eigenvalue weighted by Crippen LogP contribution is -2.19. The highest BCUT2D eigenvalue weighted by atomic mass is 16.5. The van der Waals surface area contributed by atoms with Gasteiger partial charge in [-0.1, -0.05) is 29.8 Å². The second-order valence-electron chi connectivity index (χ2n) is 5.38. The van der Waals surface area contributed by atoms with Crippen molar-refractivity contribution in [3.63, 3.8) is 0 Å². The first-order valence-electron chi connectivity index (χ1n) is 7.12. The summed E-state index contributed by atoms with van der Waals surface area (Å²) in [6.45, 7) is 4.16. The summed E-state index contributed by atoms with van der Waals surface area (Å²) in [5, 5.41) is 3.32. The topological polar surface area (TPSA) is 21.3 Å². The van der Waals surface area contributed by atoms with E-state index in [4.69, 9.17) is 4.74 Å². The fourth-order valence-electron chi connectivity index (χ4n) is 2.73. The van der Waals surface area contributed by atoms with Crippen molar-refractivity contribution in [2.45, 2.75) is 44.6 Å². The molecule has 1 aromatic rings. The van der Waals surface area contributed by atoms with Gasteiger partial charge < -0.3 is 10.1 Å². The summed E-state index contributed by atoms with van der Waals surface area (Å²) in [6.07, 6.45) is 5.41. The Morgan fingerprint density at radius 2 is 2.11 bits per heavy atom. The van der Waals surface area contributed by atoms with Crippen LogP contribution in [0.1, 0.15) is 42.7 Å². The van der Waals surface area contributed by atoms with E-state index in [1.165, 1.54) is 36.8 Å². The molecular weight excluding hydrogens is 222 g/mol. The van der Waals surface area contributed by atoms with Crippen LogP contribution in [0.15, 0.2) is 24.3 Å². The van der Waals surface area contributed by atoms with E-state index in [1.54, 1.807) is 0 Å². The van der Waals surface area contributed by atoms with Crippen LogP contribution in [-0.2, 0) is 4.74 Å². The second-order valence-corrected chi connectivity index (χ2v) is 5.38. The van der Waals surface area contributed by atoms with Crippen molar-refractivity contribution >= 4 is 0 Å². The minimum Gasteiger partial charge on any atom is -0.378 e. The smallest absolute Gasteiger partial charge is 0.0576 e. The summed E-state index contributed by atoms with van der Waals surface area (Å²) in [5.74, 6) is 0.611. The maximum atomic E-state index is 5.72. The third kappa shape index (κ3) is 3.82. The summed E-state index contributed by atoms with van der Waals surface area (Å²) >= 11 is 0. The molecule has 2 nitrogen and oxygen atoms in total. The standard InChI is InChI=1S/C16H25NO/c1-13-5-7-14(8-6-13)15(12-17-2)9-10-16-4-3-11-18-16/h5-8,15-17H,3-4,9-12H2,1-2H3. The molecule has 0 radical (unpaired) electrons. The van der Waals surface area contributed by atoms with E-state index >= 15 is 0 Å². The highest BCUT2D eigenvalue weighted by Gasteiger charge is 2.18. The van der Waals surface area contributed by atoms with E-state index in [0.29, 0.717) is 12.0 Å². The highest BCUT2D eigenvalue weighted by Crippen LogP contribution is 2.25. The Kier molecular flexibility index (Phi) is 5.21. The summed E-state index contributed by atoms with van der Waals surface area (Å²) in [7, 11) is 2.03. The van der Waals surface area contributed by atoms with Crippen molar-refractivity contribution in [1.82, 2.24) is 5.32 Å². The quantitative estimate of drug-likeness (QED) is 0.833. The molecule has 1 saturated heterocycles. The molecule has 2 atom stereocenters. The molecule has 2 heteroatoms. The summed E-state index contributed by atoms with van der Waals surface area (Å²) < 4.78 is 5.72. The maximum Gasteiger partial charge on any atom is 0.0576 e. The van der Waals surface area contributed by atoms with Crippen molar-refractivity contribution in [3.8, 4) is 0 Å². The van der Waals surface area contributed by atoms with Gasteiger partial charge in [0, 0.05) is 13.2 Å². The molecular formula is C16H25NO. The van der Waals surface area contributed by atoms with Crippen LogP contribution < -0.4 is 5.32 Å². The SMILES string of the molecule is CNCC(CCC1CCCO1)c1ccc(C)cc1. The first kappa shape index (κ1) is 13.6. The van der Waals surface area contributed by atoms with Crippen molar-refractivity contribution in [2.75, 3.05) is 20.2 Å². The van der Waals surface area contributed by atoms with Gasteiger partial charge in [0.2, 0.25) is 0 Å². The molecule has 1 N–H and O–H groups in total. The Bertz CT molecular complexity index is 341. The van der Waals surface area contributed by atoms with Gasteiger partial charge >= 0.3 is 0 Å². The van der Waals surface area contributed by atoms with Crippen LogP contribution in [0.4, 0.5) is 0 Å². The molecule has 2 rings (SSSR count). The number of benzene rings is 1. The number of hydrogen-bond donors (Lipinski definition) is 1. The Hall–Kier alpha value is -0.860. The molecule has 1 aliphatic rings. The Morgan fingerprint density at radius 3 is 2.72 bits per heavy atom. The van der Waals surface area contributed by atoms with E-state index in [0.717, 1.165) is 13.2 Å². The largest absolute Gasteiger partial charge is 0.378 e. The van der Waals surface area contributed by atoms with Crippen LogP contribution in [-0.4, -0.2) is 26.3 Å². The first-order valence-corrected chi connectivity index (χ1v) is 7.12. The summed E-state index contributed by atoms with van der Waals surface area (Å²) in [5.41, 5.74) is 2.79. The minimum atomic E-state index is 0.509. The number of rotatable bonds is 6. The second kappa shape index (κ2) is 6.91. The number of hydrogen-bond acceptors (Lipinski definition) is 2. The average molecular weight is 247 g/mol. The van der Waals surface area contributed by atoms with Gasteiger partial charge in [0.1, 0.15) is 0 Å². The van der Waals surface area contributed by atoms with Crippen LogP contribution in [0, 0.1) is 6.92 Å². The van der Waals surface area contributed by atoms with Crippen LogP contribution >= 0.6 is 0 Å². The molecule has 1 fully saturated rings. The molecule has 1 aliphatic heterocycles. The molecule has 18 heavy (non-hydrogen) atoms. The van der Waals surface area contributed by atoms with Gasteiger partial charge in [-0.3, -0.25) is 0 Å². The van der Waals surface area contributed by atoms with E-state index in [9.17, 15) is 0 Å². The lowest BCUT2D eigenvalue weighted by atomic mass is 9.92. The molecule has 100 valence electrons. The number of nitrogens with one attached hydrogen (secondary N) is 1. The van der Waals surface area contributed by atoms with Crippen LogP contribution in [0.5, 0.6) is 0 Å². The van der Waals surface area contributed by atoms with Gasteiger partial charge in [0.25, 0.3) is 0 Å². The van der Waals surface area contributed by atoms with Crippen LogP contribution in [0.25, 0.3) is 0 Å². The third-order valence-corrected chi connectivity index (χ3v) is 3.86. The first-order chi connectivity index (χ1) is 8.79. The lowest BCUT2D eigenvalue weighted by molar-refractivity contribution is 0.101. The van der Waals surface area contributed by atoms with Gasteiger partial charge in [-0.25, -0.2) is 0 Å². The van der Waals surface area contributed by atoms with Gasteiger partial charge in [-0.2, -0.15) is 0 Å². The zero-order valence-electron chi connectivity index (χ0n) is 11.6. The molecule has 0 amide bonds. The van der Waals surface area contributed by atoms with Crippen molar-refractivity contribution in [2.24, 2.45) is 0 Å². The summed E-state index contributed by atoms with van der Waals surface area (Å²) in [6, 6.07) is 8.97. The fourth-order valence-corrected chi connectivity index (χ4v) is 2.73. The van der Waals surface area contributed by atoms with E-state index in [1.807, 2.05) is 7.05 Å². The zero-order chi connectivity index (χ0) is 12.8. The van der Waals surface area contributed by atoms with Crippen molar-refractivity contribution in [3.05, 3.63) is 35.4 Å². The Morgan fingerprint density at radius 1 is 1.33 bits per heavy atom. The molecule has 0 spiro atoms. The van der Waals surface area contributed by atoms with Gasteiger partial charge in [0.05, 0.1) is 6.10 Å². The summed E-state index contributed by atoms with van der Waals surface area (Å²) in [4.78, 5) is 0. The van der Waals surface area contributed by atoms with Gasteiger partial charge in [-0.05, 0) is 51.1 Å². The molecule has 0 aliphatic carbocycles. The molecule has 0 saturated carbocycles. The molecule has 0 bridgehead atoms. The monoisotopic (exact) mass is 247 g/mol. The van der Waals surface area contributed by atoms with E-state index < -0.39 is 0 Å². The van der Waals surface area contributed by atoms with E-state index in [-0.39, 0.29) is 0 Å². The van der Waals surface area contributed by atoms with E-state index in [2.05, 4.69) is 36.5 Å². The lowest BCUT2D eigenvalue weighted by Gasteiger charge is -2.19. The zero-order valence-corrected chi connectivity index (χ0v) is 11.6. The Labute approximate surface area is 111 Å². The van der Waals surface area contributed by atoms with Crippen LogP contribution in [0.3, 0.4) is 0 Å². The Balaban J connectivity index is 1.91. The molecule has 2 unspecified atom stereocenters. The number of likely N-dealkylation sites (N-methyl/N-ethyl adjacent to an activating group) is 1. The van der Waals surface area contributed by atoms with Crippen molar-refractivity contribution in [1.29, 1.82) is 0 Å². The van der Waals surface area contributed by atoms with Crippen molar-refractivity contribution < 1.29 is 4.74 Å². The van der Waals surface area contributed by atoms with Gasteiger partial charge in [-0.15, -0.1) is 0 Å². The third-order valence-electron chi connectivity index (χ3n) is 3.86.